The maximum atomic E-state index is 8.62. The summed E-state index contributed by atoms with van der Waals surface area (Å²) in [6.07, 6.45) is 2.39. The summed E-state index contributed by atoms with van der Waals surface area (Å²) < 4.78 is 5.40. The van der Waals surface area contributed by atoms with Gasteiger partial charge >= 0.3 is 0 Å². The van der Waals surface area contributed by atoms with E-state index in [2.05, 4.69) is 15.4 Å². The summed E-state index contributed by atoms with van der Waals surface area (Å²) in [5.74, 6) is 0.752. The molecule has 0 bridgehead atoms. The first-order valence-electron chi connectivity index (χ1n) is 6.35. The molecule has 1 aliphatic heterocycles. The van der Waals surface area contributed by atoms with Crippen LogP contribution in [0.15, 0.2) is 23.3 Å². The van der Waals surface area contributed by atoms with Crippen LogP contribution in [-0.4, -0.2) is 25.9 Å². The Balaban J connectivity index is 2.19. The molecule has 1 heterocycles. The van der Waals surface area contributed by atoms with Crippen molar-refractivity contribution in [3.8, 4) is 17.9 Å². The molecule has 0 aromatic heterocycles. The van der Waals surface area contributed by atoms with E-state index < -0.39 is 0 Å². The van der Waals surface area contributed by atoms with E-state index in [1.165, 1.54) is 12.8 Å². The zero-order valence-corrected chi connectivity index (χ0v) is 11.3. The minimum absolute atomic E-state index is 0.215. The van der Waals surface area contributed by atoms with Gasteiger partial charge in [0.05, 0.1) is 18.5 Å². The number of hydrazone groups is 1. The molecule has 0 spiro atoms. The van der Waals surface area contributed by atoms with E-state index in [1.54, 1.807) is 19.2 Å². The van der Waals surface area contributed by atoms with Crippen molar-refractivity contribution in [3.05, 3.63) is 18.2 Å². The molecule has 0 aliphatic carbocycles. The summed E-state index contributed by atoms with van der Waals surface area (Å²) >= 11 is 0. The Kier molecular flexibility index (Phi) is 4.41. The topological polar surface area (TPSA) is 84.4 Å². The maximum absolute atomic E-state index is 8.62. The minimum atomic E-state index is -0.215. The van der Waals surface area contributed by atoms with Gasteiger partial charge in [-0.2, -0.15) is 15.6 Å². The first-order valence-corrected chi connectivity index (χ1v) is 6.35. The summed E-state index contributed by atoms with van der Waals surface area (Å²) in [5.41, 5.74) is 4.20. The molecule has 1 N–H and O–H groups in total. The van der Waals surface area contributed by atoms with Gasteiger partial charge in [0.2, 0.25) is 5.71 Å². The van der Waals surface area contributed by atoms with Gasteiger partial charge in [0.15, 0.2) is 0 Å². The standard InChI is InChI=1S/C14H15N5O/c1-20-14-8-11(17-18-12(9-15)10-16)4-5-13(14)19-6-2-3-7-19/h4-5,8,17H,2-3,6-7H2,1H3. The molecule has 2 rings (SSSR count). The fraction of sp³-hybridized carbons (Fsp3) is 0.357. The Hall–Kier alpha value is -2.73. The van der Waals surface area contributed by atoms with Crippen LogP contribution in [0.2, 0.25) is 0 Å². The third kappa shape index (κ3) is 2.99. The van der Waals surface area contributed by atoms with Gasteiger partial charge in [-0.25, -0.2) is 0 Å². The highest BCUT2D eigenvalue weighted by Crippen LogP contribution is 2.33. The number of rotatable bonds is 4. The van der Waals surface area contributed by atoms with Gasteiger partial charge in [0.1, 0.15) is 17.9 Å². The lowest BCUT2D eigenvalue weighted by molar-refractivity contribution is 0.415. The Morgan fingerprint density at radius 3 is 2.60 bits per heavy atom. The van der Waals surface area contributed by atoms with Gasteiger partial charge in [-0.05, 0) is 25.0 Å². The molecule has 1 saturated heterocycles. The largest absolute Gasteiger partial charge is 0.495 e. The smallest absolute Gasteiger partial charge is 0.237 e. The van der Waals surface area contributed by atoms with E-state index in [0.717, 1.165) is 24.5 Å². The highest BCUT2D eigenvalue weighted by molar-refractivity contribution is 6.10. The molecular weight excluding hydrogens is 254 g/mol. The number of methoxy groups -OCH3 is 1. The first kappa shape index (κ1) is 13.7. The molecule has 1 aromatic rings. The minimum Gasteiger partial charge on any atom is -0.495 e. The van der Waals surface area contributed by atoms with E-state index in [0.29, 0.717) is 5.69 Å². The van der Waals surface area contributed by atoms with Crippen molar-refractivity contribution in [1.29, 1.82) is 10.5 Å². The van der Waals surface area contributed by atoms with Crippen molar-refractivity contribution >= 4 is 17.1 Å². The Morgan fingerprint density at radius 2 is 2.00 bits per heavy atom. The SMILES string of the molecule is COc1cc(NN=C(C#N)C#N)ccc1N1CCCC1. The molecule has 1 aromatic carbocycles. The van der Waals surface area contributed by atoms with Crippen LogP contribution in [0.3, 0.4) is 0 Å². The fourth-order valence-corrected chi connectivity index (χ4v) is 2.16. The lowest BCUT2D eigenvalue weighted by atomic mass is 10.2. The number of nitrogens with one attached hydrogen (secondary N) is 1. The maximum Gasteiger partial charge on any atom is 0.237 e. The Labute approximate surface area is 117 Å². The lowest BCUT2D eigenvalue weighted by Gasteiger charge is -2.21. The normalized spacial score (nSPS) is 13.2. The number of nitriles is 2. The van der Waals surface area contributed by atoms with E-state index in [9.17, 15) is 0 Å². The molecule has 0 atom stereocenters. The van der Waals surface area contributed by atoms with Gasteiger partial charge in [0.25, 0.3) is 0 Å². The van der Waals surface area contributed by atoms with E-state index >= 15 is 0 Å². The van der Waals surface area contributed by atoms with Crippen LogP contribution >= 0.6 is 0 Å². The predicted molar refractivity (Wildman–Crippen MR) is 76.7 cm³/mol. The van der Waals surface area contributed by atoms with Crippen LogP contribution in [-0.2, 0) is 0 Å². The van der Waals surface area contributed by atoms with Gasteiger partial charge < -0.3 is 9.64 Å². The van der Waals surface area contributed by atoms with Crippen LogP contribution in [0, 0.1) is 22.7 Å². The van der Waals surface area contributed by atoms with Gasteiger partial charge in [-0.3, -0.25) is 5.43 Å². The second-order valence-electron chi connectivity index (χ2n) is 4.38. The van der Waals surface area contributed by atoms with Crippen molar-refractivity contribution in [2.45, 2.75) is 12.8 Å². The Morgan fingerprint density at radius 1 is 1.30 bits per heavy atom. The average molecular weight is 269 g/mol. The van der Waals surface area contributed by atoms with Gasteiger partial charge in [-0.15, -0.1) is 0 Å². The van der Waals surface area contributed by atoms with E-state index in [1.807, 2.05) is 18.2 Å². The molecule has 6 heteroatoms. The summed E-state index contributed by atoms with van der Waals surface area (Å²) in [4.78, 5) is 2.28. The predicted octanol–water partition coefficient (Wildman–Crippen LogP) is 2.11. The van der Waals surface area contributed by atoms with Crippen LogP contribution in [0.4, 0.5) is 11.4 Å². The molecule has 6 nitrogen and oxygen atoms in total. The number of benzene rings is 1. The van der Waals surface area contributed by atoms with Gasteiger partial charge in [-0.1, -0.05) is 0 Å². The molecule has 1 aliphatic rings. The molecule has 0 radical (unpaired) electrons. The molecule has 0 amide bonds. The summed E-state index contributed by atoms with van der Waals surface area (Å²) in [5, 5.41) is 20.9. The highest BCUT2D eigenvalue weighted by Gasteiger charge is 2.16. The number of ether oxygens (including phenoxy) is 1. The van der Waals surface area contributed by atoms with Crippen LogP contribution < -0.4 is 15.1 Å². The fourth-order valence-electron chi connectivity index (χ4n) is 2.16. The number of nitrogens with zero attached hydrogens (tertiary/aromatic N) is 4. The molecule has 102 valence electrons. The second kappa shape index (κ2) is 6.44. The number of hydrogen-bond acceptors (Lipinski definition) is 6. The monoisotopic (exact) mass is 269 g/mol. The molecular formula is C14H15N5O. The number of anilines is 2. The second-order valence-corrected chi connectivity index (χ2v) is 4.38. The quantitative estimate of drug-likeness (QED) is 0.668. The summed E-state index contributed by atoms with van der Waals surface area (Å²) in [7, 11) is 1.62. The van der Waals surface area contributed by atoms with Crippen LogP contribution in [0.1, 0.15) is 12.8 Å². The summed E-state index contributed by atoms with van der Waals surface area (Å²) in [6.45, 7) is 2.07. The van der Waals surface area contributed by atoms with Crippen molar-refractivity contribution in [2.75, 3.05) is 30.5 Å². The van der Waals surface area contributed by atoms with Crippen molar-refractivity contribution in [2.24, 2.45) is 5.10 Å². The first-order chi connectivity index (χ1) is 9.78. The van der Waals surface area contributed by atoms with Crippen molar-refractivity contribution in [1.82, 2.24) is 0 Å². The zero-order valence-electron chi connectivity index (χ0n) is 11.3. The van der Waals surface area contributed by atoms with Crippen molar-refractivity contribution < 1.29 is 4.74 Å². The van der Waals surface area contributed by atoms with Gasteiger partial charge in [0, 0.05) is 19.2 Å². The zero-order chi connectivity index (χ0) is 14.4. The third-order valence-electron chi connectivity index (χ3n) is 3.14. The van der Waals surface area contributed by atoms with E-state index in [-0.39, 0.29) is 5.71 Å². The molecule has 20 heavy (non-hydrogen) atoms. The molecule has 0 unspecified atom stereocenters. The molecule has 0 saturated carbocycles. The lowest BCUT2D eigenvalue weighted by Crippen LogP contribution is -2.18. The van der Waals surface area contributed by atoms with Crippen molar-refractivity contribution in [3.63, 3.8) is 0 Å². The van der Waals surface area contributed by atoms with Crippen LogP contribution in [0.25, 0.3) is 0 Å². The third-order valence-corrected chi connectivity index (χ3v) is 3.14. The van der Waals surface area contributed by atoms with E-state index in [4.69, 9.17) is 15.3 Å². The Bertz CT molecular complexity index is 575. The average Bonchev–Trinajstić information content (AvgIpc) is 3.02. The number of hydrogen-bond donors (Lipinski definition) is 1. The van der Waals surface area contributed by atoms with Crippen LogP contribution in [0.5, 0.6) is 5.75 Å². The summed E-state index contributed by atoms with van der Waals surface area (Å²) in [6, 6.07) is 9.01. The highest BCUT2D eigenvalue weighted by atomic mass is 16.5. The molecule has 1 fully saturated rings.